The van der Waals surface area contributed by atoms with Gasteiger partial charge in [-0.05, 0) is 67.6 Å². The van der Waals surface area contributed by atoms with Gasteiger partial charge in [0.2, 0.25) is 0 Å². The van der Waals surface area contributed by atoms with Gasteiger partial charge in [-0.15, -0.1) is 0 Å². The van der Waals surface area contributed by atoms with Crippen molar-refractivity contribution in [2.75, 3.05) is 5.32 Å². The third kappa shape index (κ3) is 5.74. The minimum absolute atomic E-state index is 0.107. The molecule has 41 heavy (non-hydrogen) atoms. The molecule has 5 rings (SSSR count). The van der Waals surface area contributed by atoms with E-state index in [1.54, 1.807) is 43.2 Å². The number of dihydropyridines is 1. The summed E-state index contributed by atoms with van der Waals surface area (Å²) in [6.07, 6.45) is 9.45. The first-order chi connectivity index (χ1) is 19.7. The van der Waals surface area contributed by atoms with Gasteiger partial charge < -0.3 is 20.8 Å². The Balaban J connectivity index is 1.37. The van der Waals surface area contributed by atoms with Crippen LogP contribution in [0.3, 0.4) is 0 Å². The van der Waals surface area contributed by atoms with Crippen molar-refractivity contribution in [1.82, 2.24) is 19.7 Å². The highest BCUT2D eigenvalue weighted by molar-refractivity contribution is 6.04. The van der Waals surface area contributed by atoms with Gasteiger partial charge in [0.25, 0.3) is 11.5 Å². The van der Waals surface area contributed by atoms with E-state index >= 15 is 4.39 Å². The van der Waals surface area contributed by atoms with Crippen molar-refractivity contribution < 1.29 is 18.3 Å². The SMILES string of the molecule is Cc1ccc(C(=O)Nc2ccc(OC3=CC(c4cnn(C)c4)=CN/C3=C\C=N)c(F)c2)c(=O)n1-c1ccc(F)cc1. The van der Waals surface area contributed by atoms with Crippen LogP contribution in [0.2, 0.25) is 0 Å². The Kier molecular flexibility index (Phi) is 7.42. The molecule has 9 nitrogen and oxygen atoms in total. The third-order valence-corrected chi connectivity index (χ3v) is 6.24. The van der Waals surface area contributed by atoms with Crippen molar-refractivity contribution in [3.8, 4) is 11.4 Å². The fourth-order valence-electron chi connectivity index (χ4n) is 4.21. The number of hydrogen-bond acceptors (Lipinski definition) is 6. The number of amides is 1. The summed E-state index contributed by atoms with van der Waals surface area (Å²) in [5, 5.41) is 17.2. The van der Waals surface area contributed by atoms with E-state index in [4.69, 9.17) is 10.1 Å². The number of carbonyl (C=O) groups is 1. The van der Waals surface area contributed by atoms with E-state index in [0.29, 0.717) is 17.1 Å². The van der Waals surface area contributed by atoms with Crippen LogP contribution in [0.1, 0.15) is 21.6 Å². The second-order valence-corrected chi connectivity index (χ2v) is 9.11. The lowest BCUT2D eigenvalue weighted by Crippen LogP contribution is -2.29. The molecule has 0 atom stereocenters. The zero-order valence-electron chi connectivity index (χ0n) is 22.0. The number of aromatic nitrogens is 3. The van der Waals surface area contributed by atoms with Gasteiger partial charge in [-0.25, -0.2) is 8.78 Å². The normalized spacial score (nSPS) is 13.7. The van der Waals surface area contributed by atoms with Gasteiger partial charge in [-0.2, -0.15) is 5.10 Å². The molecule has 0 spiro atoms. The van der Waals surface area contributed by atoms with Gasteiger partial charge >= 0.3 is 0 Å². The number of rotatable bonds is 7. The number of anilines is 1. The van der Waals surface area contributed by atoms with E-state index < -0.39 is 23.1 Å². The molecule has 1 aliphatic rings. The van der Waals surface area contributed by atoms with Crippen molar-refractivity contribution in [3.05, 3.63) is 136 Å². The highest BCUT2D eigenvalue weighted by Gasteiger charge is 2.19. The summed E-state index contributed by atoms with van der Waals surface area (Å²) in [5.74, 6) is -1.80. The van der Waals surface area contributed by atoms with Crippen LogP contribution >= 0.6 is 0 Å². The topological polar surface area (TPSA) is 114 Å². The molecule has 0 aliphatic carbocycles. The number of ether oxygens (including phenoxy) is 1. The van der Waals surface area contributed by atoms with Gasteiger partial charge in [0.15, 0.2) is 17.3 Å². The Morgan fingerprint density at radius 3 is 2.59 bits per heavy atom. The average molecular weight is 555 g/mol. The molecule has 3 N–H and O–H groups in total. The standard InChI is InChI=1S/C30H24F2N6O3/c1-18-3-9-24(30(40)38(18)23-7-4-21(31)5-8-23)29(39)36-22-6-10-27(25(32)14-22)41-28-13-19(15-34-26(28)11-12-33)20-16-35-37(2)17-20/h3-17,33-34H,1-2H3,(H,36,39)/b26-11-,33-12?. The molecule has 0 saturated carbocycles. The first-order valence-corrected chi connectivity index (χ1v) is 12.4. The van der Waals surface area contributed by atoms with Crippen LogP contribution < -0.4 is 20.9 Å². The Labute approximate surface area is 233 Å². The lowest BCUT2D eigenvalue weighted by molar-refractivity contribution is 0.102. The summed E-state index contributed by atoms with van der Waals surface area (Å²) in [4.78, 5) is 26.1. The molecule has 11 heteroatoms. The maximum Gasteiger partial charge on any atom is 0.268 e. The molecule has 3 heterocycles. The number of halogens is 2. The fraction of sp³-hybridized carbons (Fsp3) is 0.0667. The Hall–Kier alpha value is -5.58. The van der Waals surface area contributed by atoms with Crippen LogP contribution in [0.25, 0.3) is 11.3 Å². The Morgan fingerprint density at radius 1 is 1.12 bits per heavy atom. The summed E-state index contributed by atoms with van der Waals surface area (Å²) < 4.78 is 37.3. The van der Waals surface area contributed by atoms with Crippen molar-refractivity contribution in [2.24, 2.45) is 7.05 Å². The Bertz CT molecular complexity index is 1820. The molecule has 0 radical (unpaired) electrons. The van der Waals surface area contributed by atoms with Crippen molar-refractivity contribution >= 4 is 23.4 Å². The maximum atomic E-state index is 15.1. The lowest BCUT2D eigenvalue weighted by Gasteiger charge is -2.19. The van der Waals surface area contributed by atoms with Crippen LogP contribution in [-0.2, 0) is 7.05 Å². The van der Waals surface area contributed by atoms with Crippen molar-refractivity contribution in [1.29, 1.82) is 5.41 Å². The summed E-state index contributed by atoms with van der Waals surface area (Å²) in [7, 11) is 1.79. The zero-order valence-corrected chi connectivity index (χ0v) is 22.0. The number of carbonyl (C=O) groups excluding carboxylic acids is 1. The number of pyridine rings is 1. The highest BCUT2D eigenvalue weighted by Crippen LogP contribution is 2.29. The third-order valence-electron chi connectivity index (χ3n) is 6.24. The van der Waals surface area contributed by atoms with E-state index in [1.807, 2.05) is 6.20 Å². The molecular weight excluding hydrogens is 530 g/mol. The smallest absolute Gasteiger partial charge is 0.268 e. The lowest BCUT2D eigenvalue weighted by atomic mass is 10.1. The minimum atomic E-state index is -0.761. The van der Waals surface area contributed by atoms with E-state index in [0.717, 1.165) is 23.4 Å². The molecule has 0 fully saturated rings. The molecule has 2 aromatic heterocycles. The first kappa shape index (κ1) is 27.0. The van der Waals surface area contributed by atoms with Gasteiger partial charge in [-0.3, -0.25) is 18.8 Å². The molecule has 1 aliphatic heterocycles. The van der Waals surface area contributed by atoms with Crippen LogP contribution in [-0.4, -0.2) is 26.5 Å². The van der Waals surface area contributed by atoms with Gasteiger partial charge in [0, 0.05) is 59.9 Å². The highest BCUT2D eigenvalue weighted by atomic mass is 19.1. The maximum absolute atomic E-state index is 15.1. The second-order valence-electron chi connectivity index (χ2n) is 9.11. The van der Waals surface area contributed by atoms with Crippen LogP contribution in [0.15, 0.2) is 102 Å². The predicted octanol–water partition coefficient (Wildman–Crippen LogP) is 4.85. The zero-order chi connectivity index (χ0) is 29.1. The number of aryl methyl sites for hydroxylation is 2. The van der Waals surface area contributed by atoms with E-state index in [1.165, 1.54) is 53.1 Å². The van der Waals surface area contributed by atoms with Gasteiger partial charge in [0.1, 0.15) is 11.4 Å². The first-order valence-electron chi connectivity index (χ1n) is 12.4. The monoisotopic (exact) mass is 554 g/mol. The number of benzene rings is 2. The quantitative estimate of drug-likeness (QED) is 0.283. The summed E-state index contributed by atoms with van der Waals surface area (Å²) in [6, 6.07) is 12.2. The van der Waals surface area contributed by atoms with Crippen molar-refractivity contribution in [3.63, 3.8) is 0 Å². The van der Waals surface area contributed by atoms with Crippen LogP contribution in [0, 0.1) is 24.0 Å². The second kappa shape index (κ2) is 11.3. The van der Waals surface area contributed by atoms with E-state index in [-0.39, 0.29) is 22.8 Å². The Morgan fingerprint density at radius 2 is 1.90 bits per heavy atom. The number of allylic oxidation sites excluding steroid dienone is 3. The molecular formula is C30H24F2N6O3. The molecule has 206 valence electrons. The summed E-state index contributed by atoms with van der Waals surface area (Å²) in [6.45, 7) is 1.69. The van der Waals surface area contributed by atoms with Crippen LogP contribution in [0.5, 0.6) is 5.75 Å². The summed E-state index contributed by atoms with van der Waals surface area (Å²) in [5.41, 5.74) is 2.28. The largest absolute Gasteiger partial charge is 0.452 e. The molecule has 0 bridgehead atoms. The van der Waals surface area contributed by atoms with E-state index in [2.05, 4.69) is 15.7 Å². The van der Waals surface area contributed by atoms with Gasteiger partial charge in [-0.1, -0.05) is 0 Å². The number of nitrogens with one attached hydrogen (secondary N) is 3. The average Bonchev–Trinajstić information content (AvgIpc) is 3.38. The molecule has 0 saturated heterocycles. The predicted molar refractivity (Wildman–Crippen MR) is 151 cm³/mol. The number of hydrogen-bond donors (Lipinski definition) is 3. The fourth-order valence-corrected chi connectivity index (χ4v) is 4.21. The van der Waals surface area contributed by atoms with Crippen LogP contribution in [0.4, 0.5) is 14.5 Å². The minimum Gasteiger partial charge on any atom is -0.452 e. The number of nitrogens with zero attached hydrogens (tertiary/aromatic N) is 3. The van der Waals surface area contributed by atoms with Crippen molar-refractivity contribution in [2.45, 2.75) is 6.92 Å². The molecule has 1 amide bonds. The molecule has 4 aromatic rings. The summed E-state index contributed by atoms with van der Waals surface area (Å²) >= 11 is 0. The van der Waals surface area contributed by atoms with Gasteiger partial charge in [0.05, 0.1) is 11.9 Å². The molecule has 0 unspecified atom stereocenters. The molecule has 2 aromatic carbocycles. The van der Waals surface area contributed by atoms with E-state index in [9.17, 15) is 14.0 Å².